The standard InChI is InChI=1S/C25H40BN2/c1-9-24(25(5,6)7)20(4)28-16-10-11-23(28)17-21-12-14-22(15-13-21)18(2)19(3)27-26-8/h12-15,23-24,27H,4,9-11,16-17H2,1-3,5-8H3/b19-18+. The zero-order chi connectivity index (χ0) is 20.9. The maximum absolute atomic E-state index is 4.55. The van der Waals surface area contributed by atoms with Crippen LogP contribution in [0.5, 0.6) is 0 Å². The highest BCUT2D eigenvalue weighted by atomic mass is 15.2. The number of likely N-dealkylation sites (tertiary alicyclic amines) is 1. The van der Waals surface area contributed by atoms with E-state index in [1.54, 1.807) is 0 Å². The van der Waals surface area contributed by atoms with Crippen molar-refractivity contribution in [1.29, 1.82) is 0 Å². The van der Waals surface area contributed by atoms with Crippen molar-refractivity contribution in [3.63, 3.8) is 0 Å². The van der Waals surface area contributed by atoms with Gasteiger partial charge in [0.05, 0.1) is 0 Å². The third kappa shape index (κ3) is 5.46. The Morgan fingerprint density at radius 1 is 1.25 bits per heavy atom. The minimum Gasteiger partial charge on any atom is -0.435 e. The van der Waals surface area contributed by atoms with Crippen molar-refractivity contribution >= 4 is 13.0 Å². The summed E-state index contributed by atoms with van der Waals surface area (Å²) in [7, 11) is 1.98. The van der Waals surface area contributed by atoms with Crippen molar-refractivity contribution in [1.82, 2.24) is 10.1 Å². The largest absolute Gasteiger partial charge is 0.435 e. The second-order valence-corrected chi connectivity index (χ2v) is 9.39. The molecule has 0 bridgehead atoms. The van der Waals surface area contributed by atoms with Gasteiger partial charge in [-0.25, -0.2) is 0 Å². The summed E-state index contributed by atoms with van der Waals surface area (Å²) in [4.78, 5) is 2.61. The van der Waals surface area contributed by atoms with Gasteiger partial charge in [-0.05, 0) is 67.3 Å². The quantitative estimate of drug-likeness (QED) is 0.534. The van der Waals surface area contributed by atoms with Gasteiger partial charge < -0.3 is 10.1 Å². The van der Waals surface area contributed by atoms with Crippen molar-refractivity contribution in [2.24, 2.45) is 11.3 Å². The van der Waals surface area contributed by atoms with E-state index in [9.17, 15) is 0 Å². The highest BCUT2D eigenvalue weighted by Crippen LogP contribution is 2.38. The average Bonchev–Trinajstić information content (AvgIpc) is 3.09. The summed E-state index contributed by atoms with van der Waals surface area (Å²) in [6, 6.07) is 9.74. The molecule has 0 saturated carbocycles. The summed E-state index contributed by atoms with van der Waals surface area (Å²) in [6.45, 7) is 21.4. The number of hydrogen-bond acceptors (Lipinski definition) is 2. The first-order valence-electron chi connectivity index (χ1n) is 11.0. The molecule has 2 nitrogen and oxygen atoms in total. The van der Waals surface area contributed by atoms with Gasteiger partial charge >= 0.3 is 0 Å². The number of nitrogens with one attached hydrogen (secondary N) is 1. The third-order valence-corrected chi connectivity index (χ3v) is 6.38. The first-order chi connectivity index (χ1) is 13.2. The lowest BCUT2D eigenvalue weighted by Crippen LogP contribution is -2.36. The molecule has 1 aromatic carbocycles. The van der Waals surface area contributed by atoms with E-state index in [1.165, 1.54) is 40.9 Å². The van der Waals surface area contributed by atoms with Gasteiger partial charge in [-0.2, -0.15) is 0 Å². The number of rotatable bonds is 8. The van der Waals surface area contributed by atoms with E-state index in [1.807, 2.05) is 14.2 Å². The van der Waals surface area contributed by atoms with Crippen LogP contribution >= 0.6 is 0 Å². The van der Waals surface area contributed by atoms with Gasteiger partial charge in [-0.1, -0.05) is 65.4 Å². The predicted octanol–water partition coefficient (Wildman–Crippen LogP) is 6.29. The summed E-state index contributed by atoms with van der Waals surface area (Å²) in [5, 5.41) is 3.30. The van der Waals surface area contributed by atoms with E-state index in [4.69, 9.17) is 0 Å². The molecule has 1 aromatic rings. The Kier molecular flexibility index (Phi) is 7.86. The van der Waals surface area contributed by atoms with Gasteiger partial charge in [0, 0.05) is 24.2 Å². The number of benzene rings is 1. The number of hydrogen-bond donors (Lipinski definition) is 1. The van der Waals surface area contributed by atoms with Crippen molar-refractivity contribution in [2.45, 2.75) is 80.1 Å². The minimum absolute atomic E-state index is 0.270. The van der Waals surface area contributed by atoms with Gasteiger partial charge in [-0.3, -0.25) is 0 Å². The Bertz CT molecular complexity index is 681. The van der Waals surface area contributed by atoms with Crippen molar-refractivity contribution in [2.75, 3.05) is 6.54 Å². The summed E-state index contributed by atoms with van der Waals surface area (Å²) in [5.74, 6) is 0.550. The van der Waals surface area contributed by atoms with Gasteiger partial charge in [0.15, 0.2) is 0 Å². The van der Waals surface area contributed by atoms with E-state index >= 15 is 0 Å². The summed E-state index contributed by atoms with van der Waals surface area (Å²) < 4.78 is 0. The molecule has 153 valence electrons. The molecule has 1 heterocycles. The van der Waals surface area contributed by atoms with Crippen LogP contribution in [0.25, 0.3) is 5.57 Å². The normalized spacial score (nSPS) is 19.2. The van der Waals surface area contributed by atoms with Crippen LogP contribution in [-0.2, 0) is 6.42 Å². The molecular formula is C25H40BN2. The van der Waals surface area contributed by atoms with Crippen LogP contribution in [0, 0.1) is 11.3 Å². The fraction of sp³-hybridized carbons (Fsp3) is 0.600. The molecule has 2 atom stereocenters. The second kappa shape index (κ2) is 9.72. The first-order valence-corrected chi connectivity index (χ1v) is 11.0. The lowest BCUT2D eigenvalue weighted by Gasteiger charge is -2.39. The second-order valence-electron chi connectivity index (χ2n) is 9.39. The fourth-order valence-corrected chi connectivity index (χ4v) is 4.68. The molecule has 0 spiro atoms. The molecule has 1 aliphatic rings. The zero-order valence-corrected chi connectivity index (χ0v) is 19.2. The van der Waals surface area contributed by atoms with E-state index in [0.29, 0.717) is 12.0 Å². The molecular weight excluding hydrogens is 339 g/mol. The van der Waals surface area contributed by atoms with Crippen molar-refractivity contribution in [3.05, 3.63) is 53.4 Å². The van der Waals surface area contributed by atoms with Gasteiger partial charge in [0.2, 0.25) is 7.41 Å². The Morgan fingerprint density at radius 2 is 1.89 bits per heavy atom. The van der Waals surface area contributed by atoms with Crippen LogP contribution in [-0.4, -0.2) is 24.9 Å². The summed E-state index contributed by atoms with van der Waals surface area (Å²) >= 11 is 0. The van der Waals surface area contributed by atoms with Crippen LogP contribution in [0.15, 0.2) is 42.2 Å². The van der Waals surface area contributed by atoms with E-state index < -0.39 is 0 Å². The average molecular weight is 379 g/mol. The molecule has 3 heteroatoms. The maximum atomic E-state index is 4.55. The number of nitrogens with zero attached hydrogens (tertiary/aromatic N) is 1. The zero-order valence-electron chi connectivity index (χ0n) is 19.2. The molecule has 1 aliphatic heterocycles. The molecule has 1 saturated heterocycles. The third-order valence-electron chi connectivity index (χ3n) is 6.38. The molecule has 28 heavy (non-hydrogen) atoms. The highest BCUT2D eigenvalue weighted by Gasteiger charge is 2.33. The monoisotopic (exact) mass is 379 g/mol. The molecule has 1 fully saturated rings. The van der Waals surface area contributed by atoms with Crippen molar-refractivity contribution < 1.29 is 0 Å². The maximum Gasteiger partial charge on any atom is 0.239 e. The molecule has 2 unspecified atom stereocenters. The van der Waals surface area contributed by atoms with E-state index in [2.05, 4.69) is 82.5 Å². The van der Waals surface area contributed by atoms with Crippen molar-refractivity contribution in [3.8, 4) is 0 Å². The van der Waals surface area contributed by atoms with Crippen LogP contribution in [0.2, 0.25) is 6.82 Å². The lowest BCUT2D eigenvalue weighted by molar-refractivity contribution is 0.194. The molecule has 1 N–H and O–H groups in total. The van der Waals surface area contributed by atoms with Crippen LogP contribution in [0.1, 0.15) is 71.9 Å². The number of allylic oxidation sites excluding steroid dienone is 3. The van der Waals surface area contributed by atoms with Crippen LogP contribution in [0.4, 0.5) is 0 Å². The Labute approximate surface area is 174 Å². The molecule has 0 amide bonds. The summed E-state index contributed by atoms with van der Waals surface area (Å²) in [6.07, 6.45) is 4.83. The van der Waals surface area contributed by atoms with Crippen LogP contribution < -0.4 is 5.23 Å². The molecule has 1 radical (unpaired) electrons. The SMILES string of the molecule is C=C(C(CC)C(C)(C)C)N1CCCC1Cc1ccc(/C(C)=C(\C)N[B]C)cc1. The van der Waals surface area contributed by atoms with Gasteiger partial charge in [-0.15, -0.1) is 0 Å². The minimum atomic E-state index is 0.270. The fourth-order valence-electron chi connectivity index (χ4n) is 4.68. The highest BCUT2D eigenvalue weighted by molar-refractivity contribution is 6.30. The topological polar surface area (TPSA) is 15.3 Å². The van der Waals surface area contributed by atoms with E-state index in [-0.39, 0.29) is 5.41 Å². The molecule has 0 aromatic heterocycles. The first kappa shape index (κ1) is 22.7. The smallest absolute Gasteiger partial charge is 0.239 e. The molecule has 0 aliphatic carbocycles. The summed E-state index contributed by atoms with van der Waals surface area (Å²) in [5.41, 5.74) is 6.86. The Balaban J connectivity index is 2.10. The lowest BCUT2D eigenvalue weighted by atomic mass is 9.77. The van der Waals surface area contributed by atoms with E-state index in [0.717, 1.165) is 19.4 Å². The predicted molar refractivity (Wildman–Crippen MR) is 125 cm³/mol. The van der Waals surface area contributed by atoms with Crippen LogP contribution in [0.3, 0.4) is 0 Å². The Morgan fingerprint density at radius 3 is 2.43 bits per heavy atom. The van der Waals surface area contributed by atoms with Gasteiger partial charge in [0.25, 0.3) is 0 Å². The van der Waals surface area contributed by atoms with Gasteiger partial charge in [0.1, 0.15) is 0 Å². The molecule has 2 rings (SSSR count). The Hall–Kier alpha value is -1.64.